The summed E-state index contributed by atoms with van der Waals surface area (Å²) >= 11 is 0. The lowest BCUT2D eigenvalue weighted by Gasteiger charge is -2.07. The number of aliphatic hydroxyl groups is 1. The summed E-state index contributed by atoms with van der Waals surface area (Å²) in [7, 11) is 1.41. The zero-order valence-electron chi connectivity index (χ0n) is 11.9. The molecule has 2 aromatic rings. The number of oxime groups is 1. The van der Waals surface area contributed by atoms with Gasteiger partial charge in [0.25, 0.3) is 0 Å². The maximum absolute atomic E-state index is 12.1. The van der Waals surface area contributed by atoms with E-state index in [9.17, 15) is 13.9 Å². The van der Waals surface area contributed by atoms with Gasteiger partial charge in [-0.05, 0) is 23.3 Å². The topological polar surface area (TPSA) is 51.0 Å². The van der Waals surface area contributed by atoms with E-state index in [0.717, 1.165) is 16.7 Å². The van der Waals surface area contributed by atoms with Crippen LogP contribution < -0.4 is 4.74 Å². The molecule has 0 atom stereocenters. The van der Waals surface area contributed by atoms with Gasteiger partial charge >= 0.3 is 6.61 Å². The van der Waals surface area contributed by atoms with E-state index in [2.05, 4.69) is 14.7 Å². The third-order valence-corrected chi connectivity index (χ3v) is 2.98. The Labute approximate surface area is 126 Å². The quantitative estimate of drug-likeness (QED) is 0.658. The van der Waals surface area contributed by atoms with Gasteiger partial charge in [-0.1, -0.05) is 41.6 Å². The maximum atomic E-state index is 12.1. The first-order chi connectivity index (χ1) is 10.6. The smallest absolute Gasteiger partial charge is 0.387 e. The van der Waals surface area contributed by atoms with E-state index in [0.29, 0.717) is 5.71 Å². The van der Waals surface area contributed by atoms with Gasteiger partial charge in [0.05, 0.1) is 6.61 Å². The number of alkyl halides is 2. The van der Waals surface area contributed by atoms with Gasteiger partial charge in [0, 0.05) is 5.56 Å². The molecule has 0 aliphatic rings. The van der Waals surface area contributed by atoms with Gasteiger partial charge in [-0.15, -0.1) is 0 Å². The lowest BCUT2D eigenvalue weighted by molar-refractivity contribution is -0.0498. The first-order valence-electron chi connectivity index (χ1n) is 6.50. The molecule has 0 saturated heterocycles. The van der Waals surface area contributed by atoms with Crippen LogP contribution in [0.1, 0.15) is 5.56 Å². The van der Waals surface area contributed by atoms with E-state index < -0.39 is 6.61 Å². The average Bonchev–Trinajstić information content (AvgIpc) is 2.53. The highest BCUT2D eigenvalue weighted by molar-refractivity contribution is 6.01. The zero-order valence-corrected chi connectivity index (χ0v) is 11.9. The van der Waals surface area contributed by atoms with Crippen molar-refractivity contribution in [1.29, 1.82) is 0 Å². The van der Waals surface area contributed by atoms with Crippen molar-refractivity contribution in [3.05, 3.63) is 54.1 Å². The highest BCUT2D eigenvalue weighted by Gasteiger charge is 2.06. The van der Waals surface area contributed by atoms with E-state index in [1.165, 1.54) is 19.2 Å². The molecular weight excluding hydrogens is 292 g/mol. The number of benzene rings is 2. The standard InChI is InChI=1S/C16H15F2NO3/c1-21-19-15(10-20)13-4-2-11(3-5-13)12-6-8-14(9-7-12)22-16(17)18/h2-9,16,20H,10H2,1H3. The summed E-state index contributed by atoms with van der Waals surface area (Å²) in [6, 6.07) is 13.7. The van der Waals surface area contributed by atoms with Gasteiger partial charge in [-0.25, -0.2) is 0 Å². The number of halogens is 2. The Hall–Kier alpha value is -2.47. The van der Waals surface area contributed by atoms with E-state index in [1.807, 2.05) is 12.1 Å². The molecule has 22 heavy (non-hydrogen) atoms. The average molecular weight is 307 g/mol. The molecule has 4 nitrogen and oxygen atoms in total. The molecule has 2 aromatic carbocycles. The highest BCUT2D eigenvalue weighted by atomic mass is 19.3. The van der Waals surface area contributed by atoms with Crippen molar-refractivity contribution in [3.63, 3.8) is 0 Å². The number of aliphatic hydroxyl groups excluding tert-OH is 1. The number of ether oxygens (including phenoxy) is 1. The normalized spacial score (nSPS) is 11.6. The lowest BCUT2D eigenvalue weighted by atomic mass is 10.0. The second-order valence-corrected chi connectivity index (χ2v) is 4.36. The van der Waals surface area contributed by atoms with Crippen LogP contribution in [0.2, 0.25) is 0 Å². The minimum absolute atomic E-state index is 0.116. The number of nitrogens with zero attached hydrogens (tertiary/aromatic N) is 1. The molecule has 0 heterocycles. The summed E-state index contributed by atoms with van der Waals surface area (Å²) in [6.07, 6.45) is 0. The molecule has 1 N–H and O–H groups in total. The summed E-state index contributed by atoms with van der Waals surface area (Å²) in [5, 5.41) is 12.9. The minimum atomic E-state index is -2.83. The third kappa shape index (κ3) is 4.02. The molecule has 6 heteroatoms. The Morgan fingerprint density at radius 3 is 2.05 bits per heavy atom. The monoisotopic (exact) mass is 307 g/mol. The second-order valence-electron chi connectivity index (χ2n) is 4.36. The summed E-state index contributed by atoms with van der Waals surface area (Å²) in [6.45, 7) is -3.06. The van der Waals surface area contributed by atoms with Gasteiger partial charge in [-0.3, -0.25) is 0 Å². The van der Waals surface area contributed by atoms with Crippen LogP contribution in [0, 0.1) is 0 Å². The van der Waals surface area contributed by atoms with Crippen LogP contribution >= 0.6 is 0 Å². The summed E-state index contributed by atoms with van der Waals surface area (Å²) in [4.78, 5) is 4.66. The molecule has 0 amide bonds. The maximum Gasteiger partial charge on any atom is 0.387 e. The Bertz CT molecular complexity index is 625. The predicted octanol–water partition coefficient (Wildman–Crippen LogP) is 3.30. The third-order valence-electron chi connectivity index (χ3n) is 2.98. The van der Waals surface area contributed by atoms with Crippen LogP contribution in [-0.2, 0) is 4.84 Å². The fraction of sp³-hybridized carbons (Fsp3) is 0.188. The van der Waals surface area contributed by atoms with Crippen LogP contribution in [0.15, 0.2) is 53.7 Å². The summed E-state index contributed by atoms with van der Waals surface area (Å²) in [5.41, 5.74) is 2.94. The Morgan fingerprint density at radius 1 is 1.05 bits per heavy atom. The SMILES string of the molecule is CON=C(CO)c1ccc(-c2ccc(OC(F)F)cc2)cc1. The molecule has 0 saturated carbocycles. The van der Waals surface area contributed by atoms with Crippen LogP contribution in [-0.4, -0.2) is 31.1 Å². The van der Waals surface area contributed by atoms with Crippen molar-refractivity contribution < 1.29 is 23.5 Å². The van der Waals surface area contributed by atoms with Crippen molar-refractivity contribution >= 4 is 5.71 Å². The summed E-state index contributed by atoms with van der Waals surface area (Å²) in [5.74, 6) is 0.116. The van der Waals surface area contributed by atoms with Gasteiger partial charge in [0.1, 0.15) is 18.6 Å². The van der Waals surface area contributed by atoms with E-state index >= 15 is 0 Å². The Morgan fingerprint density at radius 2 is 1.59 bits per heavy atom. The van der Waals surface area contributed by atoms with Crippen LogP contribution in [0.5, 0.6) is 5.75 Å². The van der Waals surface area contributed by atoms with E-state index in [1.54, 1.807) is 24.3 Å². The molecule has 0 fully saturated rings. The van der Waals surface area contributed by atoms with Crippen LogP contribution in [0.25, 0.3) is 11.1 Å². The van der Waals surface area contributed by atoms with E-state index in [4.69, 9.17) is 0 Å². The predicted molar refractivity (Wildman–Crippen MR) is 79.1 cm³/mol. The Balaban J connectivity index is 2.18. The van der Waals surface area contributed by atoms with Gasteiger partial charge in [0.2, 0.25) is 0 Å². The van der Waals surface area contributed by atoms with Crippen LogP contribution in [0.3, 0.4) is 0 Å². The molecule has 0 aliphatic carbocycles. The number of rotatable bonds is 6. The number of hydrogen-bond acceptors (Lipinski definition) is 4. The van der Waals surface area contributed by atoms with Crippen molar-refractivity contribution in [3.8, 4) is 16.9 Å². The highest BCUT2D eigenvalue weighted by Crippen LogP contribution is 2.23. The summed E-state index contributed by atoms with van der Waals surface area (Å²) < 4.78 is 28.5. The fourth-order valence-corrected chi connectivity index (χ4v) is 1.97. The van der Waals surface area contributed by atoms with Gasteiger partial charge < -0.3 is 14.7 Å². The molecule has 2 rings (SSSR count). The molecule has 0 aliphatic heterocycles. The molecular formula is C16H15F2NO3. The molecule has 0 aromatic heterocycles. The molecule has 116 valence electrons. The first kappa shape index (κ1) is 15.9. The van der Waals surface area contributed by atoms with Crippen molar-refractivity contribution in [2.24, 2.45) is 5.16 Å². The molecule has 0 bridgehead atoms. The van der Waals surface area contributed by atoms with Crippen LogP contribution in [0.4, 0.5) is 8.78 Å². The number of hydrogen-bond donors (Lipinski definition) is 1. The van der Waals surface area contributed by atoms with Gasteiger partial charge in [-0.2, -0.15) is 8.78 Å². The Kier molecular flexibility index (Phi) is 5.43. The van der Waals surface area contributed by atoms with Crippen molar-refractivity contribution in [1.82, 2.24) is 0 Å². The van der Waals surface area contributed by atoms with Crippen molar-refractivity contribution in [2.45, 2.75) is 6.61 Å². The second kappa shape index (κ2) is 7.51. The van der Waals surface area contributed by atoms with E-state index in [-0.39, 0.29) is 12.4 Å². The van der Waals surface area contributed by atoms with Gasteiger partial charge in [0.15, 0.2) is 0 Å². The zero-order chi connectivity index (χ0) is 15.9. The fourth-order valence-electron chi connectivity index (χ4n) is 1.97. The largest absolute Gasteiger partial charge is 0.435 e. The van der Waals surface area contributed by atoms with Crippen molar-refractivity contribution in [2.75, 3.05) is 13.7 Å². The molecule has 0 radical (unpaired) electrons. The molecule has 0 spiro atoms. The minimum Gasteiger partial charge on any atom is -0.435 e. The molecule has 0 unspecified atom stereocenters. The first-order valence-corrected chi connectivity index (χ1v) is 6.50. The lowest BCUT2D eigenvalue weighted by Crippen LogP contribution is -2.06.